The summed E-state index contributed by atoms with van der Waals surface area (Å²) in [4.78, 5) is 22.0. The number of nitrogens with zero attached hydrogens (tertiary/aromatic N) is 2. The Morgan fingerprint density at radius 3 is 2.77 bits per heavy atom. The highest BCUT2D eigenvalue weighted by molar-refractivity contribution is 9.10. The zero-order chi connectivity index (χ0) is 21.3. The molecule has 0 saturated carbocycles. The summed E-state index contributed by atoms with van der Waals surface area (Å²) in [6.45, 7) is 6.31. The van der Waals surface area contributed by atoms with E-state index in [0.717, 1.165) is 39.8 Å². The van der Waals surface area contributed by atoms with Gasteiger partial charge in [-0.3, -0.25) is 4.90 Å². The molecule has 2 aromatic carbocycles. The molecule has 0 bridgehead atoms. The second kappa shape index (κ2) is 8.16. The Balaban J connectivity index is 1.51. The molecule has 1 aliphatic rings. The SMILES string of the molecule is CC(C)(C)OC(=O)N1CCC[C@H]1c1ncc(C#Cc2ccc3cc(Br)ccc3c2)[nH]1. The van der Waals surface area contributed by atoms with Gasteiger partial charge >= 0.3 is 6.09 Å². The predicted octanol–water partition coefficient (Wildman–Crippen LogP) is 5.80. The Labute approximate surface area is 185 Å². The van der Waals surface area contributed by atoms with Crippen molar-refractivity contribution in [2.45, 2.75) is 45.3 Å². The first-order valence-electron chi connectivity index (χ1n) is 10.0. The van der Waals surface area contributed by atoms with E-state index in [-0.39, 0.29) is 12.1 Å². The van der Waals surface area contributed by atoms with Crippen molar-refractivity contribution in [2.75, 3.05) is 6.54 Å². The average molecular weight is 466 g/mol. The van der Waals surface area contributed by atoms with Crippen LogP contribution in [-0.2, 0) is 4.74 Å². The first-order valence-corrected chi connectivity index (χ1v) is 10.8. The summed E-state index contributed by atoms with van der Waals surface area (Å²) in [5.74, 6) is 7.11. The lowest BCUT2D eigenvalue weighted by Crippen LogP contribution is -2.36. The average Bonchev–Trinajstić information content (AvgIpc) is 3.34. The van der Waals surface area contributed by atoms with E-state index in [0.29, 0.717) is 6.54 Å². The van der Waals surface area contributed by atoms with Crippen LogP contribution >= 0.6 is 15.9 Å². The first kappa shape index (κ1) is 20.5. The molecular weight excluding hydrogens is 442 g/mol. The lowest BCUT2D eigenvalue weighted by Gasteiger charge is -2.27. The number of H-pyrrole nitrogens is 1. The number of halogens is 1. The van der Waals surface area contributed by atoms with Crippen LogP contribution in [0.25, 0.3) is 10.8 Å². The van der Waals surface area contributed by atoms with Crippen LogP contribution < -0.4 is 0 Å². The molecule has 3 aromatic rings. The number of carbonyl (C=O) groups is 1. The molecule has 154 valence electrons. The van der Waals surface area contributed by atoms with Gasteiger partial charge in [-0.2, -0.15) is 0 Å². The van der Waals surface area contributed by atoms with E-state index in [9.17, 15) is 4.79 Å². The van der Waals surface area contributed by atoms with E-state index < -0.39 is 5.60 Å². The molecule has 0 radical (unpaired) electrons. The molecule has 6 heteroatoms. The summed E-state index contributed by atoms with van der Waals surface area (Å²) < 4.78 is 6.60. The van der Waals surface area contributed by atoms with E-state index >= 15 is 0 Å². The summed E-state index contributed by atoms with van der Waals surface area (Å²) in [5, 5.41) is 2.32. The van der Waals surface area contributed by atoms with Crippen molar-refractivity contribution in [1.82, 2.24) is 14.9 Å². The fourth-order valence-electron chi connectivity index (χ4n) is 3.59. The smallest absolute Gasteiger partial charge is 0.410 e. The van der Waals surface area contributed by atoms with Gasteiger partial charge in [0.1, 0.15) is 17.1 Å². The molecule has 1 saturated heterocycles. The number of fused-ring (bicyclic) bond motifs is 1. The lowest BCUT2D eigenvalue weighted by atomic mass is 10.1. The lowest BCUT2D eigenvalue weighted by molar-refractivity contribution is 0.0218. The molecule has 2 heterocycles. The molecule has 4 rings (SSSR count). The van der Waals surface area contributed by atoms with Gasteiger partial charge in [0, 0.05) is 16.6 Å². The number of likely N-dealkylation sites (tertiary alicyclic amines) is 1. The van der Waals surface area contributed by atoms with E-state index in [1.54, 1.807) is 11.1 Å². The zero-order valence-corrected chi connectivity index (χ0v) is 18.9. The molecular formula is C24H24BrN3O2. The highest BCUT2D eigenvalue weighted by atomic mass is 79.9. The summed E-state index contributed by atoms with van der Waals surface area (Å²) in [7, 11) is 0. The normalized spacial score (nSPS) is 16.4. The number of rotatable bonds is 1. The molecule has 0 unspecified atom stereocenters. The van der Waals surface area contributed by atoms with Crippen LogP contribution in [0.15, 0.2) is 47.1 Å². The Bertz CT molecular complexity index is 1150. The summed E-state index contributed by atoms with van der Waals surface area (Å²) in [6, 6.07) is 12.2. The molecule has 1 aromatic heterocycles. The highest BCUT2D eigenvalue weighted by Crippen LogP contribution is 2.31. The number of nitrogens with one attached hydrogen (secondary N) is 1. The number of aromatic nitrogens is 2. The van der Waals surface area contributed by atoms with Gasteiger partial charge in [-0.05, 0) is 74.6 Å². The number of amides is 1. The molecule has 0 spiro atoms. The number of ether oxygens (including phenoxy) is 1. The third kappa shape index (κ3) is 4.68. The van der Waals surface area contributed by atoms with Crippen molar-refractivity contribution in [1.29, 1.82) is 0 Å². The fourth-order valence-corrected chi connectivity index (χ4v) is 3.97. The van der Waals surface area contributed by atoms with Gasteiger partial charge in [-0.15, -0.1) is 0 Å². The number of carbonyl (C=O) groups excluding carboxylic acids is 1. The topological polar surface area (TPSA) is 58.2 Å². The maximum atomic E-state index is 12.5. The van der Waals surface area contributed by atoms with Crippen molar-refractivity contribution < 1.29 is 9.53 Å². The van der Waals surface area contributed by atoms with Crippen LogP contribution in [0.4, 0.5) is 4.79 Å². The summed E-state index contributed by atoms with van der Waals surface area (Å²) in [5.41, 5.74) is 1.16. The van der Waals surface area contributed by atoms with Crippen LogP contribution in [0, 0.1) is 11.8 Å². The first-order chi connectivity index (χ1) is 14.3. The molecule has 1 N–H and O–H groups in total. The van der Waals surface area contributed by atoms with Crippen molar-refractivity contribution >= 4 is 32.8 Å². The summed E-state index contributed by atoms with van der Waals surface area (Å²) in [6.07, 6.45) is 3.22. The third-order valence-corrected chi connectivity index (χ3v) is 5.43. The quantitative estimate of drug-likeness (QED) is 0.462. The van der Waals surface area contributed by atoms with Crippen LogP contribution in [0.5, 0.6) is 0 Å². The maximum Gasteiger partial charge on any atom is 0.410 e. The number of hydrogen-bond acceptors (Lipinski definition) is 3. The van der Waals surface area contributed by atoms with Crippen LogP contribution in [0.1, 0.15) is 56.7 Å². The van der Waals surface area contributed by atoms with Crippen molar-refractivity contribution in [3.05, 3.63) is 64.1 Å². The number of benzene rings is 2. The monoisotopic (exact) mass is 465 g/mol. The van der Waals surface area contributed by atoms with E-state index in [1.165, 1.54) is 5.39 Å². The molecule has 5 nitrogen and oxygen atoms in total. The second-order valence-corrected chi connectivity index (χ2v) is 9.39. The van der Waals surface area contributed by atoms with Gasteiger partial charge in [0.2, 0.25) is 0 Å². The molecule has 1 aliphatic heterocycles. The molecule has 1 amide bonds. The van der Waals surface area contributed by atoms with Crippen LogP contribution in [-0.4, -0.2) is 33.1 Å². The Kier molecular flexibility index (Phi) is 5.57. The molecule has 0 aliphatic carbocycles. The predicted molar refractivity (Wildman–Crippen MR) is 121 cm³/mol. The minimum Gasteiger partial charge on any atom is -0.444 e. The molecule has 1 fully saturated rings. The van der Waals surface area contributed by atoms with Crippen molar-refractivity contribution in [3.8, 4) is 11.8 Å². The highest BCUT2D eigenvalue weighted by Gasteiger charge is 2.34. The molecule has 30 heavy (non-hydrogen) atoms. The largest absolute Gasteiger partial charge is 0.444 e. The zero-order valence-electron chi connectivity index (χ0n) is 17.3. The van der Waals surface area contributed by atoms with E-state index in [4.69, 9.17) is 4.74 Å². The van der Waals surface area contributed by atoms with Gasteiger partial charge in [-0.25, -0.2) is 9.78 Å². The Hall–Kier alpha value is -2.78. The van der Waals surface area contributed by atoms with Gasteiger partial charge in [0.05, 0.1) is 12.2 Å². The van der Waals surface area contributed by atoms with E-state index in [1.807, 2.05) is 32.9 Å². The Morgan fingerprint density at radius 1 is 1.20 bits per heavy atom. The van der Waals surface area contributed by atoms with Crippen molar-refractivity contribution in [3.63, 3.8) is 0 Å². The third-order valence-electron chi connectivity index (χ3n) is 4.94. The standard InChI is InChI=1S/C24H24BrN3O2/c1-24(2,3)30-23(29)28-12-4-5-21(28)22-26-15-20(27-22)11-7-16-6-8-18-14-19(25)10-9-17(18)13-16/h6,8-10,13-15,21H,4-5,12H2,1-3H3,(H,26,27)/t21-/m0/s1. The summed E-state index contributed by atoms with van der Waals surface area (Å²) >= 11 is 3.50. The van der Waals surface area contributed by atoms with Crippen LogP contribution in [0.3, 0.4) is 0 Å². The number of aromatic amines is 1. The fraction of sp³-hybridized carbons (Fsp3) is 0.333. The van der Waals surface area contributed by atoms with Crippen molar-refractivity contribution in [2.24, 2.45) is 0 Å². The minimum atomic E-state index is -0.514. The van der Waals surface area contributed by atoms with E-state index in [2.05, 4.69) is 62.0 Å². The number of imidazole rings is 1. The Morgan fingerprint density at radius 2 is 1.97 bits per heavy atom. The minimum absolute atomic E-state index is 0.102. The maximum absolute atomic E-state index is 12.5. The van der Waals surface area contributed by atoms with Crippen LogP contribution in [0.2, 0.25) is 0 Å². The second-order valence-electron chi connectivity index (χ2n) is 8.47. The van der Waals surface area contributed by atoms with Gasteiger partial charge in [-0.1, -0.05) is 34.0 Å². The van der Waals surface area contributed by atoms with Gasteiger partial charge in [0.25, 0.3) is 0 Å². The molecule has 1 atom stereocenters. The number of hydrogen-bond donors (Lipinski definition) is 1. The van der Waals surface area contributed by atoms with Gasteiger partial charge in [0.15, 0.2) is 0 Å². The van der Waals surface area contributed by atoms with Gasteiger partial charge < -0.3 is 9.72 Å².